The molecule has 0 spiro atoms. The van der Waals surface area contributed by atoms with Crippen molar-refractivity contribution >= 4 is 14.0 Å². The molecular weight excluding hydrogens is 220 g/mol. The van der Waals surface area contributed by atoms with Gasteiger partial charge in [-0.3, -0.25) is 0 Å². The number of aryl methyl sites for hydroxylation is 1. The fraction of sp³-hybridized carbons (Fsp3) is 0.417. The summed E-state index contributed by atoms with van der Waals surface area (Å²) < 4.78 is 9.90. The van der Waals surface area contributed by atoms with Crippen molar-refractivity contribution in [2.24, 2.45) is 0 Å². The van der Waals surface area contributed by atoms with Crippen LogP contribution in [0.3, 0.4) is 0 Å². The second-order valence-electron chi connectivity index (χ2n) is 4.59. The summed E-state index contributed by atoms with van der Waals surface area (Å²) in [5.74, 6) is 3.39. The van der Waals surface area contributed by atoms with Crippen molar-refractivity contribution in [2.75, 3.05) is 7.11 Å². The van der Waals surface area contributed by atoms with E-state index in [-0.39, 0.29) is 5.76 Å². The molecule has 4 heteroatoms. The van der Waals surface area contributed by atoms with Crippen molar-refractivity contribution in [1.29, 1.82) is 0 Å². The van der Waals surface area contributed by atoms with Gasteiger partial charge in [0.15, 0.2) is 0 Å². The highest BCUT2D eigenvalue weighted by atomic mass is 28.3. The lowest BCUT2D eigenvalue weighted by molar-refractivity contribution is 0.0563. The molecule has 0 radical (unpaired) electrons. The first-order valence-electron chi connectivity index (χ1n) is 5.05. The highest BCUT2D eigenvalue weighted by Gasteiger charge is 2.17. The van der Waals surface area contributed by atoms with Gasteiger partial charge < -0.3 is 9.15 Å². The number of ether oxygens (including phenoxy) is 1. The lowest BCUT2D eigenvalue weighted by atomic mass is 10.2. The van der Waals surface area contributed by atoms with Gasteiger partial charge in [0.2, 0.25) is 5.76 Å². The Kier molecular flexibility index (Phi) is 3.61. The highest BCUT2D eigenvalue weighted by Crippen LogP contribution is 2.15. The van der Waals surface area contributed by atoms with Gasteiger partial charge in [0.1, 0.15) is 13.8 Å². The Balaban J connectivity index is 3.13. The van der Waals surface area contributed by atoms with E-state index in [0.717, 1.165) is 0 Å². The Hall–Kier alpha value is -1.47. The third-order valence-electron chi connectivity index (χ3n) is 1.80. The second kappa shape index (κ2) is 4.58. The zero-order valence-electron chi connectivity index (χ0n) is 10.3. The first-order chi connectivity index (χ1) is 7.33. The molecule has 1 aromatic rings. The van der Waals surface area contributed by atoms with E-state index >= 15 is 0 Å². The van der Waals surface area contributed by atoms with Gasteiger partial charge >= 0.3 is 5.97 Å². The summed E-state index contributed by atoms with van der Waals surface area (Å²) in [5, 5.41) is 0. The molecule has 0 fully saturated rings. The average molecular weight is 236 g/mol. The molecule has 0 aromatic carbocycles. The monoisotopic (exact) mass is 236 g/mol. The van der Waals surface area contributed by atoms with Gasteiger partial charge in [-0.15, -0.1) is 5.54 Å². The average Bonchev–Trinajstić information content (AvgIpc) is 2.54. The van der Waals surface area contributed by atoms with Crippen molar-refractivity contribution in [3.63, 3.8) is 0 Å². The minimum Gasteiger partial charge on any atom is -0.463 e. The van der Waals surface area contributed by atoms with E-state index in [2.05, 4.69) is 35.8 Å². The van der Waals surface area contributed by atoms with E-state index in [1.165, 1.54) is 7.11 Å². The predicted molar refractivity (Wildman–Crippen MR) is 65.0 cm³/mol. The zero-order valence-corrected chi connectivity index (χ0v) is 11.3. The zero-order chi connectivity index (χ0) is 12.3. The molecule has 0 aliphatic carbocycles. The van der Waals surface area contributed by atoms with Gasteiger partial charge in [-0.1, -0.05) is 25.6 Å². The number of carbonyl (C=O) groups excluding carboxylic acids is 1. The summed E-state index contributed by atoms with van der Waals surface area (Å²) in [6.07, 6.45) is 0. The maximum atomic E-state index is 11.4. The van der Waals surface area contributed by atoms with E-state index in [4.69, 9.17) is 4.42 Å². The Labute approximate surface area is 96.8 Å². The van der Waals surface area contributed by atoms with Crippen LogP contribution in [0.25, 0.3) is 0 Å². The third-order valence-corrected chi connectivity index (χ3v) is 2.67. The molecule has 1 aromatic heterocycles. The fourth-order valence-corrected chi connectivity index (χ4v) is 1.62. The van der Waals surface area contributed by atoms with Crippen molar-refractivity contribution in [3.05, 3.63) is 23.2 Å². The van der Waals surface area contributed by atoms with Crippen LogP contribution in [0.1, 0.15) is 21.9 Å². The molecule has 3 nitrogen and oxygen atoms in total. The van der Waals surface area contributed by atoms with Crippen LogP contribution in [-0.4, -0.2) is 21.2 Å². The molecule has 1 rings (SSSR count). The van der Waals surface area contributed by atoms with Crippen LogP contribution >= 0.6 is 0 Å². The van der Waals surface area contributed by atoms with Crippen LogP contribution in [0.15, 0.2) is 10.5 Å². The summed E-state index contributed by atoms with van der Waals surface area (Å²) in [4.78, 5) is 11.4. The molecule has 16 heavy (non-hydrogen) atoms. The number of methoxy groups -OCH3 is 1. The molecule has 1 heterocycles. The minimum absolute atomic E-state index is 0.200. The van der Waals surface area contributed by atoms with E-state index in [1.807, 2.05) is 0 Å². The van der Waals surface area contributed by atoms with Gasteiger partial charge in [-0.2, -0.15) is 0 Å². The van der Waals surface area contributed by atoms with Gasteiger partial charge in [-0.05, 0) is 13.0 Å². The SMILES string of the molecule is COC(=O)c1oc(C)cc1C#C[Si](C)(C)C. The van der Waals surface area contributed by atoms with E-state index in [0.29, 0.717) is 11.3 Å². The lowest BCUT2D eigenvalue weighted by Crippen LogP contribution is -2.16. The standard InChI is InChI=1S/C12H16O3Si/c1-9-8-10(6-7-16(3,4)5)11(15-9)12(13)14-2/h8H,1-5H3. The van der Waals surface area contributed by atoms with Crippen molar-refractivity contribution in [1.82, 2.24) is 0 Å². The van der Waals surface area contributed by atoms with Gasteiger partial charge in [0.25, 0.3) is 0 Å². The van der Waals surface area contributed by atoms with Crippen LogP contribution in [0.5, 0.6) is 0 Å². The summed E-state index contributed by atoms with van der Waals surface area (Å²) in [6, 6.07) is 1.76. The lowest BCUT2D eigenvalue weighted by Gasteiger charge is -2.03. The van der Waals surface area contributed by atoms with Crippen LogP contribution < -0.4 is 0 Å². The fourth-order valence-electron chi connectivity index (χ4n) is 1.11. The molecule has 0 N–H and O–H groups in total. The maximum absolute atomic E-state index is 11.4. The normalized spacial score (nSPS) is 10.6. The first kappa shape index (κ1) is 12.6. The third kappa shape index (κ3) is 3.28. The number of rotatable bonds is 1. The van der Waals surface area contributed by atoms with E-state index < -0.39 is 14.0 Å². The predicted octanol–water partition coefficient (Wildman–Crippen LogP) is 2.60. The quantitative estimate of drug-likeness (QED) is 0.427. The molecule has 0 bridgehead atoms. The summed E-state index contributed by atoms with van der Waals surface area (Å²) in [7, 11) is -0.124. The molecule has 0 aliphatic heterocycles. The van der Waals surface area contributed by atoms with Crippen LogP contribution in [0, 0.1) is 18.4 Å². The maximum Gasteiger partial charge on any atom is 0.375 e. The van der Waals surface area contributed by atoms with Crippen molar-refractivity contribution in [2.45, 2.75) is 26.6 Å². The molecule has 86 valence electrons. The Morgan fingerprint density at radius 2 is 2.06 bits per heavy atom. The van der Waals surface area contributed by atoms with Crippen molar-refractivity contribution in [3.8, 4) is 11.5 Å². The number of hydrogen-bond donors (Lipinski definition) is 0. The largest absolute Gasteiger partial charge is 0.463 e. The topological polar surface area (TPSA) is 39.4 Å². The molecule has 0 unspecified atom stereocenters. The molecular formula is C12H16O3Si. The first-order valence-corrected chi connectivity index (χ1v) is 8.55. The highest BCUT2D eigenvalue weighted by molar-refractivity contribution is 6.83. The number of esters is 1. The Morgan fingerprint density at radius 3 is 2.56 bits per heavy atom. The number of hydrogen-bond acceptors (Lipinski definition) is 3. The minimum atomic E-state index is -1.45. The van der Waals surface area contributed by atoms with E-state index in [1.54, 1.807) is 13.0 Å². The van der Waals surface area contributed by atoms with Gasteiger partial charge in [-0.25, -0.2) is 4.79 Å². The molecule has 0 saturated heterocycles. The number of carbonyl (C=O) groups is 1. The second-order valence-corrected chi connectivity index (χ2v) is 9.34. The van der Waals surface area contributed by atoms with Crippen LogP contribution in [0.2, 0.25) is 19.6 Å². The van der Waals surface area contributed by atoms with E-state index in [9.17, 15) is 4.79 Å². The van der Waals surface area contributed by atoms with Crippen LogP contribution in [0.4, 0.5) is 0 Å². The van der Waals surface area contributed by atoms with Crippen molar-refractivity contribution < 1.29 is 13.9 Å². The summed E-state index contributed by atoms with van der Waals surface area (Å²) >= 11 is 0. The Bertz CT molecular complexity index is 455. The van der Waals surface area contributed by atoms with Gasteiger partial charge in [0.05, 0.1) is 12.7 Å². The van der Waals surface area contributed by atoms with Crippen LogP contribution in [-0.2, 0) is 4.74 Å². The Morgan fingerprint density at radius 1 is 1.44 bits per heavy atom. The summed E-state index contributed by atoms with van der Waals surface area (Å²) in [6.45, 7) is 8.21. The molecule has 0 amide bonds. The molecule has 0 atom stereocenters. The van der Waals surface area contributed by atoms with Gasteiger partial charge in [0, 0.05) is 0 Å². The smallest absolute Gasteiger partial charge is 0.375 e. The molecule has 0 saturated carbocycles. The molecule has 0 aliphatic rings. The number of furan rings is 1. The summed E-state index contributed by atoms with van der Waals surface area (Å²) in [5.41, 5.74) is 3.81.